The first-order valence-corrected chi connectivity index (χ1v) is 10.7. The van der Waals surface area contributed by atoms with E-state index in [0.29, 0.717) is 28.3 Å². The molecule has 0 radical (unpaired) electrons. The highest BCUT2D eigenvalue weighted by Crippen LogP contribution is 2.36. The third kappa shape index (κ3) is 4.14. The van der Waals surface area contributed by atoms with Crippen LogP contribution in [0.2, 0.25) is 0 Å². The van der Waals surface area contributed by atoms with Crippen LogP contribution in [0.25, 0.3) is 28.0 Å². The van der Waals surface area contributed by atoms with Crippen LogP contribution >= 0.6 is 0 Å². The maximum absolute atomic E-state index is 14.3. The summed E-state index contributed by atoms with van der Waals surface area (Å²) in [6, 6.07) is 13.2. The molecule has 0 unspecified atom stereocenters. The molecule has 35 heavy (non-hydrogen) atoms. The number of rotatable bonds is 5. The Kier molecular flexibility index (Phi) is 5.56. The molecule has 5 rings (SSSR count). The zero-order chi connectivity index (χ0) is 24.7. The zero-order valence-electron chi connectivity index (χ0n) is 18.9. The van der Waals surface area contributed by atoms with Gasteiger partial charge in [0.2, 0.25) is 5.95 Å². The SMILES string of the molecule is CN(C)c1cc(-c2c(-c3ccc(F)cc3)nc(N)n3nc(Cc4c(F)cccc4F)nc23)ccn1. The predicted molar refractivity (Wildman–Crippen MR) is 127 cm³/mol. The largest absolute Gasteiger partial charge is 0.368 e. The molecule has 2 aromatic carbocycles. The third-order valence-corrected chi connectivity index (χ3v) is 5.56. The Morgan fingerprint density at radius 3 is 2.31 bits per heavy atom. The van der Waals surface area contributed by atoms with Gasteiger partial charge in [-0.2, -0.15) is 4.52 Å². The number of nitrogens with zero attached hydrogens (tertiary/aromatic N) is 6. The second-order valence-corrected chi connectivity index (χ2v) is 8.14. The summed E-state index contributed by atoms with van der Waals surface area (Å²) in [6.45, 7) is 0. The number of fused-ring (bicyclic) bond motifs is 1. The van der Waals surface area contributed by atoms with Gasteiger partial charge in [-0.3, -0.25) is 0 Å². The summed E-state index contributed by atoms with van der Waals surface area (Å²) >= 11 is 0. The smallest absolute Gasteiger partial charge is 0.223 e. The van der Waals surface area contributed by atoms with Gasteiger partial charge in [-0.25, -0.2) is 28.1 Å². The lowest BCUT2D eigenvalue weighted by atomic mass is 10.0. The van der Waals surface area contributed by atoms with Gasteiger partial charge in [0.25, 0.3) is 0 Å². The average Bonchev–Trinajstić information content (AvgIpc) is 3.26. The van der Waals surface area contributed by atoms with E-state index >= 15 is 0 Å². The van der Waals surface area contributed by atoms with Crippen LogP contribution in [0.5, 0.6) is 0 Å². The van der Waals surface area contributed by atoms with Crippen molar-refractivity contribution in [2.24, 2.45) is 0 Å². The van der Waals surface area contributed by atoms with Gasteiger partial charge in [0.05, 0.1) is 11.3 Å². The molecule has 0 amide bonds. The lowest BCUT2D eigenvalue weighted by Gasteiger charge is -2.15. The van der Waals surface area contributed by atoms with Gasteiger partial charge >= 0.3 is 0 Å². The average molecular weight is 475 g/mol. The topological polar surface area (TPSA) is 85.2 Å². The summed E-state index contributed by atoms with van der Waals surface area (Å²) in [5.74, 6) is -0.881. The van der Waals surface area contributed by atoms with Gasteiger partial charge in [0.1, 0.15) is 23.3 Å². The number of pyridine rings is 1. The Bertz CT molecular complexity index is 1530. The number of anilines is 2. The quantitative estimate of drug-likeness (QED) is 0.403. The Morgan fingerprint density at radius 1 is 0.914 bits per heavy atom. The standard InChI is InChI=1S/C25H20F3N7/c1-34(2)21-12-15(10-11-30-21)22-23(14-6-8-16(26)9-7-14)32-25(29)35-24(22)31-20(33-35)13-17-18(27)4-3-5-19(17)28/h3-12H,13H2,1-2H3,(H2,29,32). The van der Waals surface area contributed by atoms with Crippen molar-refractivity contribution in [3.05, 3.63) is 89.6 Å². The molecule has 0 aliphatic heterocycles. The molecule has 7 nitrogen and oxygen atoms in total. The molecule has 0 bridgehead atoms. The van der Waals surface area contributed by atoms with Crippen molar-refractivity contribution < 1.29 is 13.2 Å². The molecule has 10 heteroatoms. The molecule has 0 aliphatic carbocycles. The van der Waals surface area contributed by atoms with Crippen LogP contribution < -0.4 is 10.6 Å². The molecule has 0 spiro atoms. The highest BCUT2D eigenvalue weighted by Gasteiger charge is 2.22. The van der Waals surface area contributed by atoms with Crippen LogP contribution in [0.3, 0.4) is 0 Å². The highest BCUT2D eigenvalue weighted by molar-refractivity contribution is 5.91. The zero-order valence-corrected chi connectivity index (χ0v) is 18.9. The molecule has 0 saturated carbocycles. The number of hydrogen-bond acceptors (Lipinski definition) is 6. The second kappa shape index (κ2) is 8.71. The predicted octanol–water partition coefficient (Wildman–Crippen LogP) is 4.51. The molecule has 2 N–H and O–H groups in total. The van der Waals surface area contributed by atoms with Crippen molar-refractivity contribution in [1.29, 1.82) is 0 Å². The summed E-state index contributed by atoms with van der Waals surface area (Å²) in [5, 5.41) is 4.38. The fourth-order valence-electron chi connectivity index (χ4n) is 3.84. The second-order valence-electron chi connectivity index (χ2n) is 8.14. The molecular formula is C25H20F3N7. The summed E-state index contributed by atoms with van der Waals surface area (Å²) < 4.78 is 43.5. The number of hydrogen-bond donors (Lipinski definition) is 1. The lowest BCUT2D eigenvalue weighted by molar-refractivity contribution is 0.559. The molecular weight excluding hydrogens is 455 g/mol. The Hall–Kier alpha value is -4.47. The molecule has 0 fully saturated rings. The summed E-state index contributed by atoms with van der Waals surface area (Å²) in [7, 11) is 3.73. The summed E-state index contributed by atoms with van der Waals surface area (Å²) in [6.07, 6.45) is 1.47. The van der Waals surface area contributed by atoms with E-state index in [2.05, 4.69) is 20.1 Å². The number of halogens is 3. The minimum absolute atomic E-state index is 0.0257. The van der Waals surface area contributed by atoms with Crippen LogP contribution in [0.1, 0.15) is 11.4 Å². The minimum Gasteiger partial charge on any atom is -0.368 e. The van der Waals surface area contributed by atoms with E-state index in [4.69, 9.17) is 5.73 Å². The summed E-state index contributed by atoms with van der Waals surface area (Å²) in [4.78, 5) is 15.3. The van der Waals surface area contributed by atoms with Crippen LogP contribution in [0, 0.1) is 17.5 Å². The molecule has 5 aromatic rings. The molecule has 0 atom stereocenters. The van der Waals surface area contributed by atoms with Gasteiger partial charge in [0, 0.05) is 37.8 Å². The van der Waals surface area contributed by atoms with Crippen LogP contribution in [0.4, 0.5) is 24.9 Å². The van der Waals surface area contributed by atoms with Gasteiger partial charge in [-0.05, 0) is 54.1 Å². The van der Waals surface area contributed by atoms with Crippen LogP contribution in [0.15, 0.2) is 60.8 Å². The monoisotopic (exact) mass is 475 g/mol. The number of nitrogen functional groups attached to an aromatic ring is 1. The maximum atomic E-state index is 14.3. The fourth-order valence-corrected chi connectivity index (χ4v) is 3.84. The van der Waals surface area contributed by atoms with E-state index in [-0.39, 0.29) is 29.6 Å². The molecule has 176 valence electrons. The van der Waals surface area contributed by atoms with Crippen molar-refractivity contribution in [2.75, 3.05) is 24.7 Å². The van der Waals surface area contributed by atoms with Crippen LogP contribution in [-0.4, -0.2) is 38.7 Å². The first kappa shape index (κ1) is 22.3. The van der Waals surface area contributed by atoms with E-state index in [1.807, 2.05) is 25.1 Å². The molecule has 0 aliphatic rings. The number of aromatic nitrogens is 5. The van der Waals surface area contributed by atoms with E-state index in [1.165, 1.54) is 34.8 Å². The van der Waals surface area contributed by atoms with Gasteiger partial charge in [0.15, 0.2) is 11.5 Å². The van der Waals surface area contributed by atoms with Gasteiger partial charge < -0.3 is 10.6 Å². The third-order valence-electron chi connectivity index (χ3n) is 5.56. The Labute approximate surface area is 198 Å². The van der Waals surface area contributed by atoms with Gasteiger partial charge in [-0.1, -0.05) is 6.07 Å². The number of nitrogens with two attached hydrogens (primary N) is 1. The van der Waals surface area contributed by atoms with E-state index in [9.17, 15) is 13.2 Å². The molecule has 3 aromatic heterocycles. The molecule has 0 saturated heterocycles. The maximum Gasteiger partial charge on any atom is 0.223 e. The summed E-state index contributed by atoms with van der Waals surface area (Å²) in [5.41, 5.74) is 8.79. The normalized spacial score (nSPS) is 11.2. The fraction of sp³-hybridized carbons (Fsp3) is 0.120. The Morgan fingerprint density at radius 2 is 1.63 bits per heavy atom. The Balaban J connectivity index is 1.76. The first-order valence-electron chi connectivity index (χ1n) is 10.7. The van der Waals surface area contributed by atoms with E-state index in [0.717, 1.165) is 5.56 Å². The van der Waals surface area contributed by atoms with Crippen molar-refractivity contribution in [3.63, 3.8) is 0 Å². The number of benzene rings is 2. The van der Waals surface area contributed by atoms with Crippen LogP contribution in [-0.2, 0) is 6.42 Å². The van der Waals surface area contributed by atoms with Crippen molar-refractivity contribution in [2.45, 2.75) is 6.42 Å². The van der Waals surface area contributed by atoms with E-state index in [1.54, 1.807) is 24.4 Å². The lowest BCUT2D eigenvalue weighted by Crippen LogP contribution is -2.10. The molecule has 3 heterocycles. The van der Waals surface area contributed by atoms with Gasteiger partial charge in [-0.15, -0.1) is 5.10 Å². The van der Waals surface area contributed by atoms with Crippen molar-refractivity contribution in [1.82, 2.24) is 24.6 Å². The highest BCUT2D eigenvalue weighted by atomic mass is 19.1. The van der Waals surface area contributed by atoms with E-state index < -0.39 is 11.6 Å². The first-order chi connectivity index (χ1) is 16.8. The van der Waals surface area contributed by atoms with Crippen molar-refractivity contribution in [3.8, 4) is 22.4 Å². The van der Waals surface area contributed by atoms with Crippen molar-refractivity contribution >= 4 is 17.4 Å². The minimum atomic E-state index is -0.688.